The van der Waals surface area contributed by atoms with Crippen molar-refractivity contribution in [2.24, 2.45) is 0 Å². The summed E-state index contributed by atoms with van der Waals surface area (Å²) in [4.78, 5) is 10.7. The monoisotopic (exact) mass is 246 g/mol. The van der Waals surface area contributed by atoms with Gasteiger partial charge in [-0.15, -0.1) is 0 Å². The van der Waals surface area contributed by atoms with Crippen molar-refractivity contribution in [3.63, 3.8) is 0 Å². The summed E-state index contributed by atoms with van der Waals surface area (Å²) in [5, 5.41) is 0. The molecular formula is C11H9F3O3. The zero-order valence-electron chi connectivity index (χ0n) is 8.88. The number of rotatable bonds is 2. The van der Waals surface area contributed by atoms with Crippen molar-refractivity contribution in [1.82, 2.24) is 0 Å². The quantitative estimate of drug-likeness (QED) is 0.752. The van der Waals surface area contributed by atoms with E-state index in [9.17, 15) is 18.0 Å². The third kappa shape index (κ3) is 1.94. The molecule has 0 aliphatic carbocycles. The fraction of sp³-hybridized carbons (Fsp3) is 0.364. The number of hydrogen-bond donors (Lipinski definition) is 0. The van der Waals surface area contributed by atoms with Gasteiger partial charge >= 0.3 is 6.18 Å². The van der Waals surface area contributed by atoms with Gasteiger partial charge in [0.25, 0.3) is 0 Å². The van der Waals surface area contributed by atoms with Crippen LogP contribution in [-0.4, -0.2) is 26.2 Å². The highest BCUT2D eigenvalue weighted by molar-refractivity contribution is 5.81. The smallest absolute Gasteiger partial charge is 0.399 e. The molecule has 0 N–H and O–H groups in total. The first-order valence-electron chi connectivity index (χ1n) is 4.84. The average Bonchev–Trinajstić information content (AvgIpc) is 2.69. The molecule has 92 valence electrons. The number of fused-ring (bicyclic) bond motifs is 1. The Balaban J connectivity index is 2.50. The molecule has 0 saturated carbocycles. The lowest BCUT2D eigenvalue weighted by Gasteiger charge is -2.13. The second-order valence-electron chi connectivity index (χ2n) is 3.66. The molecule has 0 spiro atoms. The normalized spacial score (nSPS) is 18.5. The molecule has 1 aliphatic heterocycles. The van der Waals surface area contributed by atoms with Crippen LogP contribution in [0.4, 0.5) is 13.2 Å². The summed E-state index contributed by atoms with van der Waals surface area (Å²) in [5.74, 6) is -1.35. The van der Waals surface area contributed by atoms with Gasteiger partial charge in [0.2, 0.25) is 0 Å². The first-order valence-corrected chi connectivity index (χ1v) is 4.84. The maximum atomic E-state index is 12.7. The maximum Gasteiger partial charge on any atom is 0.399 e. The molecule has 0 aromatic heterocycles. The summed E-state index contributed by atoms with van der Waals surface area (Å²) in [6, 6.07) is 2.48. The van der Waals surface area contributed by atoms with Crippen molar-refractivity contribution in [2.75, 3.05) is 13.7 Å². The van der Waals surface area contributed by atoms with E-state index >= 15 is 0 Å². The van der Waals surface area contributed by atoms with E-state index in [2.05, 4.69) is 0 Å². The van der Waals surface area contributed by atoms with Crippen molar-refractivity contribution >= 4 is 6.29 Å². The topological polar surface area (TPSA) is 35.5 Å². The van der Waals surface area contributed by atoms with Crippen molar-refractivity contribution < 1.29 is 27.4 Å². The lowest BCUT2D eigenvalue weighted by atomic mass is 9.98. The molecule has 1 aromatic carbocycles. The van der Waals surface area contributed by atoms with Crippen LogP contribution < -0.4 is 9.47 Å². The number of methoxy groups -OCH3 is 1. The minimum atomic E-state index is -4.38. The Labute approximate surface area is 95.1 Å². The van der Waals surface area contributed by atoms with Crippen molar-refractivity contribution in [3.05, 3.63) is 23.3 Å². The molecule has 0 saturated heterocycles. The summed E-state index contributed by atoms with van der Waals surface area (Å²) >= 11 is 0. The Morgan fingerprint density at radius 1 is 1.47 bits per heavy atom. The summed E-state index contributed by atoms with van der Waals surface area (Å²) < 4.78 is 47.8. The third-order valence-corrected chi connectivity index (χ3v) is 2.67. The lowest BCUT2D eigenvalue weighted by Crippen LogP contribution is -2.21. The molecule has 1 unspecified atom stereocenters. The number of halogens is 3. The highest BCUT2D eigenvalue weighted by Crippen LogP contribution is 2.45. The van der Waals surface area contributed by atoms with Crippen LogP contribution in [0.15, 0.2) is 12.1 Å². The standard InChI is InChI=1S/C11H9F3O3/c1-16-9-3-10-7(2-6(9)4-15)8(5-17-10)11(12,13)14/h2-4,8H,5H2,1H3. The molecular weight excluding hydrogens is 237 g/mol. The van der Waals surface area contributed by atoms with Crippen LogP contribution in [0.1, 0.15) is 21.8 Å². The lowest BCUT2D eigenvalue weighted by molar-refractivity contribution is -0.151. The Kier molecular flexibility index (Phi) is 2.73. The van der Waals surface area contributed by atoms with Crippen molar-refractivity contribution in [1.29, 1.82) is 0 Å². The van der Waals surface area contributed by atoms with Crippen LogP contribution in [0.2, 0.25) is 0 Å². The SMILES string of the molecule is COc1cc2c(cc1C=O)C(C(F)(F)F)CO2. The van der Waals surface area contributed by atoms with E-state index in [0.29, 0.717) is 6.29 Å². The minimum absolute atomic E-state index is 0.0135. The molecule has 1 heterocycles. The summed E-state index contributed by atoms with van der Waals surface area (Å²) in [5.41, 5.74) is 0.0754. The number of carbonyl (C=O) groups is 1. The fourth-order valence-corrected chi connectivity index (χ4v) is 1.80. The van der Waals surface area contributed by atoms with Gasteiger partial charge in [-0.05, 0) is 6.07 Å². The van der Waals surface area contributed by atoms with Gasteiger partial charge in [-0.2, -0.15) is 13.2 Å². The van der Waals surface area contributed by atoms with Gasteiger partial charge in [0.15, 0.2) is 6.29 Å². The van der Waals surface area contributed by atoms with E-state index in [4.69, 9.17) is 9.47 Å². The second kappa shape index (κ2) is 3.94. The second-order valence-corrected chi connectivity index (χ2v) is 3.66. The Morgan fingerprint density at radius 2 is 2.18 bits per heavy atom. The van der Waals surface area contributed by atoms with E-state index in [-0.39, 0.29) is 22.6 Å². The predicted octanol–water partition coefficient (Wildman–Crippen LogP) is 2.55. The molecule has 1 atom stereocenters. The minimum Gasteiger partial charge on any atom is -0.496 e. The van der Waals surface area contributed by atoms with Crippen LogP contribution >= 0.6 is 0 Å². The average molecular weight is 246 g/mol. The number of benzene rings is 1. The number of carbonyl (C=O) groups excluding carboxylic acids is 1. The Morgan fingerprint density at radius 3 is 2.71 bits per heavy atom. The first-order chi connectivity index (χ1) is 7.97. The van der Waals surface area contributed by atoms with E-state index in [1.807, 2.05) is 0 Å². The van der Waals surface area contributed by atoms with Gasteiger partial charge in [0.05, 0.1) is 12.7 Å². The van der Waals surface area contributed by atoms with Gasteiger partial charge < -0.3 is 9.47 Å². The van der Waals surface area contributed by atoms with Crippen LogP contribution in [0, 0.1) is 0 Å². The number of ether oxygens (including phenoxy) is 2. The molecule has 2 rings (SSSR count). The predicted molar refractivity (Wildman–Crippen MR) is 52.7 cm³/mol. The Hall–Kier alpha value is -1.72. The van der Waals surface area contributed by atoms with Crippen LogP contribution in [-0.2, 0) is 0 Å². The van der Waals surface area contributed by atoms with Gasteiger partial charge in [0.1, 0.15) is 24.0 Å². The molecule has 6 heteroatoms. The first kappa shape index (κ1) is 11.8. The van der Waals surface area contributed by atoms with Crippen molar-refractivity contribution in [3.8, 4) is 11.5 Å². The molecule has 1 aliphatic rings. The zero-order valence-corrected chi connectivity index (χ0v) is 8.88. The molecule has 0 radical (unpaired) electrons. The molecule has 0 fully saturated rings. The summed E-state index contributed by atoms with van der Waals surface area (Å²) in [6.07, 6.45) is -3.91. The zero-order chi connectivity index (χ0) is 12.6. The van der Waals surface area contributed by atoms with E-state index < -0.39 is 18.7 Å². The van der Waals surface area contributed by atoms with Gasteiger partial charge in [-0.3, -0.25) is 4.79 Å². The molecule has 3 nitrogen and oxygen atoms in total. The van der Waals surface area contributed by atoms with Crippen LogP contribution in [0.5, 0.6) is 11.5 Å². The van der Waals surface area contributed by atoms with Gasteiger partial charge in [0, 0.05) is 11.6 Å². The molecule has 0 amide bonds. The number of hydrogen-bond acceptors (Lipinski definition) is 3. The largest absolute Gasteiger partial charge is 0.496 e. The van der Waals surface area contributed by atoms with E-state index in [1.54, 1.807) is 0 Å². The van der Waals surface area contributed by atoms with E-state index in [1.165, 1.54) is 19.2 Å². The number of aldehydes is 1. The molecule has 1 aromatic rings. The highest BCUT2D eigenvalue weighted by atomic mass is 19.4. The van der Waals surface area contributed by atoms with Crippen molar-refractivity contribution in [2.45, 2.75) is 12.1 Å². The maximum absolute atomic E-state index is 12.7. The molecule has 0 bridgehead atoms. The van der Waals surface area contributed by atoms with Gasteiger partial charge in [-0.25, -0.2) is 0 Å². The van der Waals surface area contributed by atoms with E-state index in [0.717, 1.165) is 0 Å². The molecule has 17 heavy (non-hydrogen) atoms. The number of alkyl halides is 3. The Bertz CT molecular complexity index is 454. The summed E-state index contributed by atoms with van der Waals surface area (Å²) in [6.45, 7) is -0.454. The summed E-state index contributed by atoms with van der Waals surface area (Å²) in [7, 11) is 1.34. The van der Waals surface area contributed by atoms with Gasteiger partial charge in [-0.1, -0.05) is 0 Å². The third-order valence-electron chi connectivity index (χ3n) is 2.67. The fourth-order valence-electron chi connectivity index (χ4n) is 1.80. The van der Waals surface area contributed by atoms with Crippen LogP contribution in [0.25, 0.3) is 0 Å². The van der Waals surface area contributed by atoms with Crippen LogP contribution in [0.3, 0.4) is 0 Å². The highest BCUT2D eigenvalue weighted by Gasteiger charge is 2.46.